The Morgan fingerprint density at radius 3 is 2.54 bits per heavy atom. The molecule has 1 saturated heterocycles. The number of carbonyl (C=O) groups excluding carboxylic acids is 1. The monoisotopic (exact) mass is 513 g/mol. The predicted octanol–water partition coefficient (Wildman–Crippen LogP) is 1.99. The summed E-state index contributed by atoms with van der Waals surface area (Å²) < 4.78 is 27.6. The van der Waals surface area contributed by atoms with Gasteiger partial charge in [-0.2, -0.15) is 4.80 Å². The molecular weight excluding hydrogens is 480 g/mol. The summed E-state index contributed by atoms with van der Waals surface area (Å²) in [6.07, 6.45) is 2.07. The summed E-state index contributed by atoms with van der Waals surface area (Å²) in [7, 11) is 0. The number of hydrogen-bond acceptors (Lipinski definition) is 7. The molecule has 1 amide bonds. The van der Waals surface area contributed by atoms with Gasteiger partial charge in [0.05, 0.1) is 12.1 Å². The largest absolute Gasteiger partial charge is 0.390 e. The highest BCUT2D eigenvalue weighted by Gasteiger charge is 2.24. The highest BCUT2D eigenvalue weighted by Crippen LogP contribution is 2.14. The van der Waals surface area contributed by atoms with Crippen LogP contribution < -0.4 is 15.5 Å². The second kappa shape index (κ2) is 12.7. The maximum atomic E-state index is 13.8. The van der Waals surface area contributed by atoms with Crippen molar-refractivity contribution in [1.29, 1.82) is 0 Å². The van der Waals surface area contributed by atoms with Crippen molar-refractivity contribution in [2.75, 3.05) is 24.5 Å². The van der Waals surface area contributed by atoms with Crippen LogP contribution >= 0.6 is 0 Å². The van der Waals surface area contributed by atoms with Crippen molar-refractivity contribution >= 4 is 11.9 Å². The third kappa shape index (κ3) is 7.77. The number of benzene rings is 2. The average Bonchev–Trinajstić information content (AvgIpc) is 3.55. The Kier molecular flexibility index (Phi) is 9.13. The molecule has 11 heteroatoms. The van der Waals surface area contributed by atoms with E-state index in [0.717, 1.165) is 44.0 Å². The number of rotatable bonds is 12. The van der Waals surface area contributed by atoms with E-state index in [1.807, 2.05) is 17.0 Å². The number of aromatic nitrogens is 4. The van der Waals surface area contributed by atoms with Crippen LogP contribution in [0, 0.1) is 11.6 Å². The van der Waals surface area contributed by atoms with Gasteiger partial charge in [-0.15, -0.1) is 5.10 Å². The Balaban J connectivity index is 1.39. The lowest BCUT2D eigenvalue weighted by atomic mass is 10.0. The molecule has 0 unspecified atom stereocenters. The third-order valence-electron chi connectivity index (χ3n) is 6.39. The molecule has 1 aliphatic heterocycles. The number of tetrazole rings is 1. The van der Waals surface area contributed by atoms with Crippen molar-refractivity contribution < 1.29 is 18.7 Å². The molecule has 37 heavy (non-hydrogen) atoms. The zero-order valence-electron chi connectivity index (χ0n) is 20.9. The average molecular weight is 514 g/mol. The lowest BCUT2D eigenvalue weighted by Gasteiger charge is -2.25. The topological polar surface area (TPSA) is 108 Å². The first-order valence-corrected chi connectivity index (χ1v) is 12.6. The fourth-order valence-electron chi connectivity index (χ4n) is 4.46. The van der Waals surface area contributed by atoms with E-state index in [9.17, 15) is 18.7 Å². The minimum absolute atomic E-state index is 0.0401. The summed E-state index contributed by atoms with van der Waals surface area (Å²) in [6, 6.07) is 10.5. The summed E-state index contributed by atoms with van der Waals surface area (Å²) in [5, 5.41) is 29.2. The number of amides is 1. The van der Waals surface area contributed by atoms with Gasteiger partial charge in [0.1, 0.15) is 18.2 Å². The van der Waals surface area contributed by atoms with Crippen LogP contribution in [0.15, 0.2) is 42.5 Å². The van der Waals surface area contributed by atoms with E-state index in [-0.39, 0.29) is 19.5 Å². The van der Waals surface area contributed by atoms with Crippen molar-refractivity contribution in [1.82, 2.24) is 30.8 Å². The number of halogens is 2. The van der Waals surface area contributed by atoms with Crippen LogP contribution in [0.4, 0.5) is 14.7 Å². The van der Waals surface area contributed by atoms with Gasteiger partial charge in [0.15, 0.2) is 0 Å². The number of nitrogens with one attached hydrogen (secondary N) is 2. The van der Waals surface area contributed by atoms with Crippen LogP contribution in [0.5, 0.6) is 0 Å². The number of nitrogens with zero attached hydrogens (tertiary/aromatic N) is 5. The number of aryl methyl sites for hydroxylation is 1. The van der Waals surface area contributed by atoms with Crippen molar-refractivity contribution in [3.63, 3.8) is 0 Å². The first-order valence-electron chi connectivity index (χ1n) is 12.6. The van der Waals surface area contributed by atoms with Crippen LogP contribution in [-0.4, -0.2) is 63.0 Å². The smallest absolute Gasteiger partial charge is 0.266 e. The molecule has 4 rings (SSSR count). The SMILES string of the molecule is CCc1cccc(CNC[C@H](O)[C@H](Cc2cc(F)cc(F)c2)NC(=O)Cn2nnc(N3CCCC3)n2)c1. The Hall–Kier alpha value is -3.44. The number of anilines is 1. The second-order valence-corrected chi connectivity index (χ2v) is 9.34. The number of hydrogen-bond donors (Lipinski definition) is 3. The molecule has 3 N–H and O–H groups in total. The van der Waals surface area contributed by atoms with Crippen molar-refractivity contribution in [2.24, 2.45) is 0 Å². The van der Waals surface area contributed by atoms with Gasteiger partial charge >= 0.3 is 0 Å². The molecule has 1 aliphatic rings. The summed E-state index contributed by atoms with van der Waals surface area (Å²) in [5.74, 6) is -1.40. The predicted molar refractivity (Wildman–Crippen MR) is 135 cm³/mol. The fraction of sp³-hybridized carbons (Fsp3) is 0.462. The van der Waals surface area contributed by atoms with E-state index in [2.05, 4.69) is 45.1 Å². The molecule has 2 atom stereocenters. The maximum Gasteiger partial charge on any atom is 0.266 e. The zero-order chi connectivity index (χ0) is 26.2. The molecule has 0 spiro atoms. The molecule has 0 radical (unpaired) electrons. The molecule has 2 heterocycles. The summed E-state index contributed by atoms with van der Waals surface area (Å²) in [6.45, 7) is 4.29. The van der Waals surface area contributed by atoms with Crippen LogP contribution in [0.3, 0.4) is 0 Å². The maximum absolute atomic E-state index is 13.8. The standard InChI is InChI=1S/C26H33F2N7O2/c1-2-18-6-5-7-19(10-18)15-29-16-24(36)23(13-20-11-21(27)14-22(28)12-20)30-25(37)17-35-32-26(31-33-35)34-8-3-4-9-34/h5-7,10-12,14,23-24,29,36H,2-4,8-9,13,15-17H2,1H3,(H,30,37)/t23-,24-/m0/s1. The van der Waals surface area contributed by atoms with Crippen LogP contribution in [-0.2, 0) is 30.7 Å². The zero-order valence-corrected chi connectivity index (χ0v) is 20.9. The Bertz CT molecular complexity index is 1160. The van der Waals surface area contributed by atoms with Gasteiger partial charge in [0.2, 0.25) is 5.91 Å². The molecule has 0 saturated carbocycles. The number of aliphatic hydroxyl groups excluding tert-OH is 1. The van der Waals surface area contributed by atoms with E-state index in [4.69, 9.17) is 0 Å². The minimum Gasteiger partial charge on any atom is -0.390 e. The van der Waals surface area contributed by atoms with Gasteiger partial charge in [0, 0.05) is 32.2 Å². The van der Waals surface area contributed by atoms with E-state index in [0.29, 0.717) is 18.1 Å². The van der Waals surface area contributed by atoms with E-state index in [1.165, 1.54) is 22.5 Å². The second-order valence-electron chi connectivity index (χ2n) is 9.34. The molecule has 3 aromatic rings. The van der Waals surface area contributed by atoms with Crippen molar-refractivity contribution in [3.8, 4) is 0 Å². The molecule has 2 aromatic carbocycles. The minimum atomic E-state index is -1.02. The Morgan fingerprint density at radius 1 is 1.08 bits per heavy atom. The Morgan fingerprint density at radius 2 is 1.81 bits per heavy atom. The van der Waals surface area contributed by atoms with E-state index in [1.54, 1.807) is 0 Å². The van der Waals surface area contributed by atoms with E-state index >= 15 is 0 Å². The lowest BCUT2D eigenvalue weighted by molar-refractivity contribution is -0.123. The molecule has 198 valence electrons. The van der Waals surface area contributed by atoms with Crippen LogP contribution in [0.1, 0.15) is 36.5 Å². The normalized spacial score (nSPS) is 15.1. The first-order chi connectivity index (χ1) is 17.9. The van der Waals surface area contributed by atoms with Gasteiger partial charge in [-0.05, 0) is 59.7 Å². The third-order valence-corrected chi connectivity index (χ3v) is 6.39. The van der Waals surface area contributed by atoms with E-state index < -0.39 is 29.7 Å². The molecule has 1 fully saturated rings. The van der Waals surface area contributed by atoms with Gasteiger partial charge in [-0.3, -0.25) is 4.79 Å². The van der Waals surface area contributed by atoms with Gasteiger partial charge < -0.3 is 20.6 Å². The highest BCUT2D eigenvalue weighted by atomic mass is 19.1. The Labute approximate surface area is 214 Å². The van der Waals surface area contributed by atoms with Gasteiger partial charge in [-0.1, -0.05) is 36.3 Å². The molecule has 0 aliphatic carbocycles. The van der Waals surface area contributed by atoms with Crippen molar-refractivity contribution in [3.05, 3.63) is 70.8 Å². The van der Waals surface area contributed by atoms with Gasteiger partial charge in [0.25, 0.3) is 5.95 Å². The van der Waals surface area contributed by atoms with Crippen LogP contribution in [0.2, 0.25) is 0 Å². The molecule has 9 nitrogen and oxygen atoms in total. The molecule has 1 aromatic heterocycles. The number of carbonyl (C=O) groups is 1. The van der Waals surface area contributed by atoms with Crippen LogP contribution in [0.25, 0.3) is 0 Å². The first kappa shape index (κ1) is 26.6. The molecular formula is C26H33F2N7O2. The fourth-order valence-corrected chi connectivity index (χ4v) is 4.46. The summed E-state index contributed by atoms with van der Waals surface area (Å²) in [5.41, 5.74) is 2.62. The van der Waals surface area contributed by atoms with Gasteiger partial charge in [-0.25, -0.2) is 8.78 Å². The quantitative estimate of drug-likeness (QED) is 0.340. The summed E-state index contributed by atoms with van der Waals surface area (Å²) in [4.78, 5) is 16.0. The van der Waals surface area contributed by atoms with Crippen molar-refractivity contribution in [2.45, 2.75) is 57.8 Å². The summed E-state index contributed by atoms with van der Waals surface area (Å²) >= 11 is 0. The highest BCUT2D eigenvalue weighted by molar-refractivity contribution is 5.76. The number of aliphatic hydroxyl groups is 1. The lowest BCUT2D eigenvalue weighted by Crippen LogP contribution is -2.49. The molecule has 0 bridgehead atoms.